The maximum Gasteiger partial charge on any atom is 0.289 e. The summed E-state index contributed by atoms with van der Waals surface area (Å²) < 4.78 is 31.0. The van der Waals surface area contributed by atoms with Crippen LogP contribution in [0.4, 0.5) is 13.9 Å². The quantitative estimate of drug-likeness (QED) is 0.348. The molecule has 162 valence electrons. The van der Waals surface area contributed by atoms with E-state index in [-0.39, 0.29) is 23.1 Å². The molecule has 0 aliphatic carbocycles. The predicted octanol–water partition coefficient (Wildman–Crippen LogP) is 5.34. The third-order valence-corrected chi connectivity index (χ3v) is 7.04. The third kappa shape index (κ3) is 3.76. The van der Waals surface area contributed by atoms with Gasteiger partial charge in [-0.2, -0.15) is 5.10 Å². The number of rotatable bonds is 5. The van der Waals surface area contributed by atoms with Crippen LogP contribution in [0, 0.1) is 25.5 Å². The lowest BCUT2D eigenvalue weighted by molar-refractivity contribution is 0.0985. The lowest BCUT2D eigenvalue weighted by atomic mass is 10.3. The fourth-order valence-corrected chi connectivity index (χ4v) is 5.46. The summed E-state index contributed by atoms with van der Waals surface area (Å²) in [5.41, 5.74) is 2.62. The van der Waals surface area contributed by atoms with E-state index in [9.17, 15) is 13.6 Å². The predicted molar refractivity (Wildman–Crippen MR) is 123 cm³/mol. The first-order chi connectivity index (χ1) is 15.4. The molecule has 0 N–H and O–H groups in total. The minimum absolute atomic E-state index is 0.0413. The molecule has 0 atom stereocenters. The molecule has 0 saturated carbocycles. The van der Waals surface area contributed by atoms with Crippen molar-refractivity contribution >= 4 is 54.1 Å². The Morgan fingerprint density at radius 1 is 1.06 bits per heavy atom. The van der Waals surface area contributed by atoms with E-state index in [1.165, 1.54) is 22.3 Å². The van der Waals surface area contributed by atoms with Crippen molar-refractivity contribution in [1.82, 2.24) is 19.7 Å². The topological polar surface area (TPSA) is 63.9 Å². The second kappa shape index (κ2) is 8.03. The highest BCUT2D eigenvalue weighted by atomic mass is 32.1. The molecule has 0 aliphatic rings. The van der Waals surface area contributed by atoms with Crippen LogP contribution in [0.15, 0.2) is 42.5 Å². The summed E-state index contributed by atoms with van der Waals surface area (Å²) in [6.45, 7) is 4.51. The lowest BCUT2D eigenvalue weighted by Crippen LogP contribution is -2.34. The number of carbonyl (C=O) groups excluding carboxylic acids is 1. The molecule has 0 unspecified atom stereocenters. The molecule has 5 rings (SSSR count). The van der Waals surface area contributed by atoms with Gasteiger partial charge in [-0.05, 0) is 38.1 Å². The molecule has 1 amide bonds. The van der Waals surface area contributed by atoms with Gasteiger partial charge in [-0.1, -0.05) is 23.5 Å². The number of amides is 1. The van der Waals surface area contributed by atoms with Crippen LogP contribution >= 0.6 is 22.7 Å². The molecule has 0 saturated heterocycles. The van der Waals surface area contributed by atoms with Crippen molar-refractivity contribution in [2.24, 2.45) is 0 Å². The number of aromatic nitrogens is 4. The van der Waals surface area contributed by atoms with E-state index in [0.717, 1.165) is 39.0 Å². The van der Waals surface area contributed by atoms with Crippen molar-refractivity contribution < 1.29 is 13.6 Å². The van der Waals surface area contributed by atoms with Gasteiger partial charge >= 0.3 is 0 Å². The average Bonchev–Trinajstić information content (AvgIpc) is 3.44. The first-order valence-electron chi connectivity index (χ1n) is 9.83. The molecule has 0 aliphatic heterocycles. The van der Waals surface area contributed by atoms with Gasteiger partial charge in [0.05, 0.1) is 27.2 Å². The summed E-state index contributed by atoms with van der Waals surface area (Å²) in [6.07, 6.45) is 0. The SMILES string of the molecule is Cc1cc(C)n(CCN(C(=O)c2nc3ccccc3s2)c2nc3c(F)cc(F)cc3s2)n1. The lowest BCUT2D eigenvalue weighted by Gasteiger charge is -2.19. The first-order valence-corrected chi connectivity index (χ1v) is 11.5. The van der Waals surface area contributed by atoms with Crippen molar-refractivity contribution in [1.29, 1.82) is 0 Å². The Morgan fingerprint density at radius 2 is 1.88 bits per heavy atom. The largest absolute Gasteiger partial charge is 0.289 e. The molecule has 2 aromatic carbocycles. The van der Waals surface area contributed by atoms with Crippen LogP contribution in [0.5, 0.6) is 0 Å². The molecule has 32 heavy (non-hydrogen) atoms. The zero-order valence-electron chi connectivity index (χ0n) is 17.2. The maximum atomic E-state index is 14.3. The highest BCUT2D eigenvalue weighted by molar-refractivity contribution is 7.23. The van der Waals surface area contributed by atoms with Crippen LogP contribution in [-0.2, 0) is 6.54 Å². The van der Waals surface area contributed by atoms with Gasteiger partial charge in [0, 0.05) is 18.3 Å². The summed E-state index contributed by atoms with van der Waals surface area (Å²) in [6, 6.07) is 11.5. The molecule has 10 heteroatoms. The van der Waals surface area contributed by atoms with Gasteiger partial charge in [0.1, 0.15) is 11.3 Å². The Kier molecular flexibility index (Phi) is 5.18. The Labute approximate surface area is 189 Å². The van der Waals surface area contributed by atoms with Crippen molar-refractivity contribution in [3.8, 4) is 0 Å². The second-order valence-electron chi connectivity index (χ2n) is 7.32. The fourth-order valence-electron chi connectivity index (χ4n) is 3.52. The Hall–Kier alpha value is -3.24. The van der Waals surface area contributed by atoms with E-state index in [0.29, 0.717) is 16.3 Å². The molecule has 0 radical (unpaired) electrons. The van der Waals surface area contributed by atoms with Crippen molar-refractivity contribution in [3.63, 3.8) is 0 Å². The van der Waals surface area contributed by atoms with Crippen molar-refractivity contribution in [2.45, 2.75) is 20.4 Å². The summed E-state index contributed by atoms with van der Waals surface area (Å²) in [5.74, 6) is -1.78. The van der Waals surface area contributed by atoms with E-state index >= 15 is 0 Å². The molecule has 3 heterocycles. The van der Waals surface area contributed by atoms with Crippen LogP contribution in [0.2, 0.25) is 0 Å². The standard InChI is InChI=1S/C22H17F2N5OS2/c1-12-9-13(2)29(27-12)8-7-28(21(30)20-25-16-5-3-4-6-17(16)31-20)22-26-19-15(24)10-14(23)11-18(19)32-22/h3-6,9-11H,7-8H2,1-2H3. The number of halogens is 2. The second-order valence-corrected chi connectivity index (χ2v) is 9.36. The van der Waals surface area contributed by atoms with Crippen molar-refractivity contribution in [2.75, 3.05) is 11.4 Å². The van der Waals surface area contributed by atoms with E-state index in [4.69, 9.17) is 0 Å². The molecule has 5 aromatic rings. The number of fused-ring (bicyclic) bond motifs is 2. The number of anilines is 1. The van der Waals surface area contributed by atoms with Gasteiger partial charge in [-0.25, -0.2) is 18.7 Å². The van der Waals surface area contributed by atoms with Gasteiger partial charge in [0.2, 0.25) is 0 Å². The number of para-hydroxylation sites is 1. The third-order valence-electron chi connectivity index (χ3n) is 4.99. The monoisotopic (exact) mass is 469 g/mol. The Morgan fingerprint density at radius 3 is 2.62 bits per heavy atom. The first kappa shape index (κ1) is 20.7. The molecule has 3 aromatic heterocycles. The molecular formula is C22H17F2N5OS2. The Bertz CT molecular complexity index is 1440. The number of hydrogen-bond acceptors (Lipinski definition) is 6. The summed E-state index contributed by atoms with van der Waals surface area (Å²) >= 11 is 2.36. The molecule has 6 nitrogen and oxygen atoms in total. The van der Waals surface area contributed by atoms with Crippen LogP contribution in [0.25, 0.3) is 20.4 Å². The average molecular weight is 470 g/mol. The summed E-state index contributed by atoms with van der Waals surface area (Å²) in [7, 11) is 0. The van der Waals surface area contributed by atoms with E-state index in [1.54, 1.807) is 0 Å². The van der Waals surface area contributed by atoms with Crippen LogP contribution in [-0.4, -0.2) is 32.2 Å². The van der Waals surface area contributed by atoms with Gasteiger partial charge < -0.3 is 0 Å². The van der Waals surface area contributed by atoms with E-state index in [1.807, 2.05) is 48.9 Å². The number of carbonyl (C=O) groups is 1. The Balaban J connectivity index is 1.55. The highest BCUT2D eigenvalue weighted by Gasteiger charge is 2.25. The highest BCUT2D eigenvalue weighted by Crippen LogP contribution is 2.33. The van der Waals surface area contributed by atoms with Gasteiger partial charge in [0.25, 0.3) is 5.91 Å². The zero-order valence-corrected chi connectivity index (χ0v) is 18.8. The fraction of sp³-hybridized carbons (Fsp3) is 0.182. The van der Waals surface area contributed by atoms with Gasteiger partial charge in [-0.15, -0.1) is 11.3 Å². The smallest absolute Gasteiger partial charge is 0.280 e. The molecule has 0 bridgehead atoms. The van der Waals surface area contributed by atoms with Crippen LogP contribution in [0.3, 0.4) is 0 Å². The number of thiazole rings is 2. The van der Waals surface area contributed by atoms with Crippen LogP contribution < -0.4 is 4.90 Å². The van der Waals surface area contributed by atoms with Crippen molar-refractivity contribution in [3.05, 3.63) is 70.5 Å². The van der Waals surface area contributed by atoms with Gasteiger partial charge in [-0.3, -0.25) is 14.4 Å². The number of hydrogen-bond donors (Lipinski definition) is 0. The van der Waals surface area contributed by atoms with E-state index in [2.05, 4.69) is 15.1 Å². The molecule has 0 spiro atoms. The minimum Gasteiger partial charge on any atom is -0.280 e. The number of benzene rings is 2. The van der Waals surface area contributed by atoms with Crippen LogP contribution in [0.1, 0.15) is 21.2 Å². The maximum absolute atomic E-state index is 14.3. The normalized spacial score (nSPS) is 11.5. The molecule has 0 fully saturated rings. The number of nitrogens with zero attached hydrogens (tertiary/aromatic N) is 5. The minimum atomic E-state index is -0.756. The van der Waals surface area contributed by atoms with Gasteiger partial charge in [0.15, 0.2) is 16.0 Å². The summed E-state index contributed by atoms with van der Waals surface area (Å²) in [4.78, 5) is 23.8. The zero-order chi connectivity index (χ0) is 22.4. The molecular weight excluding hydrogens is 452 g/mol. The number of aryl methyl sites for hydroxylation is 2. The summed E-state index contributed by atoms with van der Waals surface area (Å²) in [5, 5.41) is 5.05. The van der Waals surface area contributed by atoms with E-state index < -0.39 is 11.6 Å².